The van der Waals surface area contributed by atoms with Gasteiger partial charge in [0.15, 0.2) is 0 Å². The van der Waals surface area contributed by atoms with Gasteiger partial charge in [0.1, 0.15) is 11.6 Å². The number of amides is 1. The van der Waals surface area contributed by atoms with Crippen molar-refractivity contribution in [3.8, 4) is 0 Å². The molecule has 2 unspecified atom stereocenters. The zero-order valence-corrected chi connectivity index (χ0v) is 14.6. The van der Waals surface area contributed by atoms with E-state index in [1.54, 1.807) is 6.07 Å². The molecule has 0 aromatic carbocycles. The van der Waals surface area contributed by atoms with Gasteiger partial charge >= 0.3 is 0 Å². The molecule has 8 nitrogen and oxygen atoms in total. The topological polar surface area (TPSA) is 109 Å². The second-order valence-corrected chi connectivity index (χ2v) is 8.14. The fraction of sp³-hybridized carbons (Fsp3) is 0.571. The third kappa shape index (κ3) is 4.11. The van der Waals surface area contributed by atoms with Crippen LogP contribution in [0.5, 0.6) is 0 Å². The molecular formula is C14H23N5O3S. The predicted octanol–water partition coefficient (Wildman–Crippen LogP) is 0.173. The molecule has 0 saturated heterocycles. The predicted molar refractivity (Wildman–Crippen MR) is 89.7 cm³/mol. The van der Waals surface area contributed by atoms with Crippen LogP contribution in [0.4, 0.5) is 11.6 Å². The molecule has 0 spiro atoms. The molecule has 2 atom stereocenters. The quantitative estimate of drug-likeness (QED) is 0.434. The summed E-state index contributed by atoms with van der Waals surface area (Å²) in [4.78, 5) is 18.2. The Labute approximate surface area is 136 Å². The highest BCUT2D eigenvalue weighted by molar-refractivity contribution is 7.92. The van der Waals surface area contributed by atoms with Crippen molar-refractivity contribution in [2.75, 3.05) is 36.1 Å². The van der Waals surface area contributed by atoms with E-state index in [1.807, 2.05) is 11.9 Å². The van der Waals surface area contributed by atoms with Crippen molar-refractivity contribution in [2.24, 2.45) is 17.7 Å². The molecule has 128 valence electrons. The summed E-state index contributed by atoms with van der Waals surface area (Å²) in [6, 6.07) is 3.01. The van der Waals surface area contributed by atoms with Crippen LogP contribution in [-0.4, -0.2) is 46.2 Å². The number of nitrogens with zero attached hydrogens (tertiary/aromatic N) is 3. The summed E-state index contributed by atoms with van der Waals surface area (Å²) >= 11 is 0. The fourth-order valence-electron chi connectivity index (χ4n) is 2.34. The highest BCUT2D eigenvalue weighted by atomic mass is 32.2. The van der Waals surface area contributed by atoms with Gasteiger partial charge in [0.05, 0.1) is 6.26 Å². The molecule has 1 aliphatic carbocycles. The van der Waals surface area contributed by atoms with E-state index in [0.29, 0.717) is 17.7 Å². The fourth-order valence-corrected chi connectivity index (χ4v) is 2.78. The van der Waals surface area contributed by atoms with Crippen LogP contribution < -0.4 is 20.5 Å². The molecule has 9 heteroatoms. The number of rotatable bonds is 6. The molecule has 1 aromatic rings. The van der Waals surface area contributed by atoms with Gasteiger partial charge in [-0.2, -0.15) is 0 Å². The molecule has 1 saturated carbocycles. The van der Waals surface area contributed by atoms with Crippen LogP contribution in [0.1, 0.15) is 23.7 Å². The van der Waals surface area contributed by atoms with E-state index in [2.05, 4.69) is 17.3 Å². The van der Waals surface area contributed by atoms with Gasteiger partial charge in [-0.15, -0.1) is 0 Å². The summed E-state index contributed by atoms with van der Waals surface area (Å²) < 4.78 is 24.5. The summed E-state index contributed by atoms with van der Waals surface area (Å²) in [7, 11) is -0.204. The lowest BCUT2D eigenvalue weighted by Crippen LogP contribution is -2.32. The van der Waals surface area contributed by atoms with Crippen LogP contribution >= 0.6 is 0 Å². The number of nitrogen functional groups attached to an aromatic ring is 1. The Hall–Kier alpha value is -1.87. The number of aromatic nitrogens is 1. The minimum atomic E-state index is -3.48. The molecule has 1 aromatic heterocycles. The van der Waals surface area contributed by atoms with Gasteiger partial charge in [-0.05, 0) is 30.4 Å². The first-order valence-corrected chi connectivity index (χ1v) is 9.16. The molecule has 0 bridgehead atoms. The minimum absolute atomic E-state index is 0.180. The lowest BCUT2D eigenvalue weighted by Gasteiger charge is -2.22. The largest absolute Gasteiger partial charge is 0.359 e. The smallest absolute Gasteiger partial charge is 0.265 e. The molecule has 3 N–H and O–H groups in total. The maximum absolute atomic E-state index is 11.8. The van der Waals surface area contributed by atoms with Crippen molar-refractivity contribution in [1.29, 1.82) is 0 Å². The number of hydrogen-bond acceptors (Lipinski definition) is 6. The van der Waals surface area contributed by atoms with Crippen molar-refractivity contribution in [1.82, 2.24) is 10.4 Å². The lowest BCUT2D eigenvalue weighted by molar-refractivity contribution is 0.0953. The van der Waals surface area contributed by atoms with Crippen molar-refractivity contribution in [3.05, 3.63) is 17.7 Å². The summed E-state index contributed by atoms with van der Waals surface area (Å²) in [6.07, 6.45) is 2.25. The van der Waals surface area contributed by atoms with E-state index in [1.165, 1.54) is 19.5 Å². The van der Waals surface area contributed by atoms with E-state index in [0.717, 1.165) is 17.1 Å². The number of carbonyl (C=O) groups is 1. The molecule has 1 amide bonds. The number of carbonyl (C=O) groups excluding carboxylic acids is 1. The van der Waals surface area contributed by atoms with Crippen LogP contribution in [0.15, 0.2) is 12.1 Å². The Morgan fingerprint density at radius 1 is 1.39 bits per heavy atom. The number of hydrogen-bond donors (Lipinski definition) is 2. The molecule has 0 aliphatic heterocycles. The first kappa shape index (κ1) is 17.5. The Bertz CT molecular complexity index is 706. The van der Waals surface area contributed by atoms with Gasteiger partial charge in [-0.1, -0.05) is 6.92 Å². The van der Waals surface area contributed by atoms with Crippen LogP contribution in [0.2, 0.25) is 0 Å². The second-order valence-electron chi connectivity index (χ2n) is 6.13. The maximum atomic E-state index is 11.8. The van der Waals surface area contributed by atoms with Crippen molar-refractivity contribution >= 4 is 27.6 Å². The van der Waals surface area contributed by atoms with Crippen molar-refractivity contribution < 1.29 is 13.2 Å². The molecular weight excluding hydrogens is 318 g/mol. The number of sulfonamides is 1. The minimum Gasteiger partial charge on any atom is -0.359 e. The van der Waals surface area contributed by atoms with Gasteiger partial charge in [-0.25, -0.2) is 19.2 Å². The monoisotopic (exact) mass is 341 g/mol. The molecule has 1 fully saturated rings. The van der Waals surface area contributed by atoms with Crippen molar-refractivity contribution in [2.45, 2.75) is 13.3 Å². The van der Waals surface area contributed by atoms with E-state index in [-0.39, 0.29) is 11.4 Å². The number of hydrazine groups is 1. The lowest BCUT2D eigenvalue weighted by atomic mass is 10.2. The van der Waals surface area contributed by atoms with E-state index >= 15 is 0 Å². The summed E-state index contributed by atoms with van der Waals surface area (Å²) in [5, 5.41) is 0. The third-order valence-electron chi connectivity index (χ3n) is 4.19. The first-order chi connectivity index (χ1) is 10.6. The zero-order valence-electron chi connectivity index (χ0n) is 13.8. The number of nitrogens with two attached hydrogens (primary N) is 1. The Morgan fingerprint density at radius 3 is 2.43 bits per heavy atom. The average molecular weight is 341 g/mol. The van der Waals surface area contributed by atoms with Crippen LogP contribution in [0, 0.1) is 11.8 Å². The second kappa shape index (κ2) is 6.32. The summed E-state index contributed by atoms with van der Waals surface area (Å²) in [5.74, 6) is 6.70. The van der Waals surface area contributed by atoms with Gasteiger partial charge < -0.3 is 4.90 Å². The molecule has 23 heavy (non-hydrogen) atoms. The van der Waals surface area contributed by atoms with Crippen LogP contribution in [0.25, 0.3) is 0 Å². The Kier molecular flexibility index (Phi) is 4.81. The summed E-state index contributed by atoms with van der Waals surface area (Å²) in [5.41, 5.74) is 2.32. The van der Waals surface area contributed by atoms with Gasteiger partial charge in [0.25, 0.3) is 5.91 Å². The average Bonchev–Trinajstić information content (AvgIpc) is 3.19. The van der Waals surface area contributed by atoms with Gasteiger partial charge in [0.2, 0.25) is 10.0 Å². The molecule has 2 rings (SSSR count). The van der Waals surface area contributed by atoms with E-state index < -0.39 is 15.9 Å². The van der Waals surface area contributed by atoms with Crippen LogP contribution in [0.3, 0.4) is 0 Å². The highest BCUT2D eigenvalue weighted by Gasteiger charge is 2.33. The van der Waals surface area contributed by atoms with Gasteiger partial charge in [-0.3, -0.25) is 14.5 Å². The van der Waals surface area contributed by atoms with Crippen LogP contribution in [-0.2, 0) is 10.0 Å². The highest BCUT2D eigenvalue weighted by Crippen LogP contribution is 2.38. The number of pyridine rings is 1. The zero-order chi connectivity index (χ0) is 17.4. The number of anilines is 2. The van der Waals surface area contributed by atoms with Gasteiger partial charge in [0, 0.05) is 26.2 Å². The van der Waals surface area contributed by atoms with E-state index in [4.69, 9.17) is 5.84 Å². The van der Waals surface area contributed by atoms with E-state index in [9.17, 15) is 13.2 Å². The summed E-state index contributed by atoms with van der Waals surface area (Å²) in [6.45, 7) is 3.00. The third-order valence-corrected chi connectivity index (χ3v) is 5.37. The molecule has 1 aliphatic rings. The first-order valence-electron chi connectivity index (χ1n) is 7.31. The number of nitrogens with one attached hydrogen (secondary N) is 1. The SMILES string of the molecule is CC1CC1CN(C)c1cc(C(=O)NN)cc(N(C)S(C)(=O)=O)n1. The maximum Gasteiger partial charge on any atom is 0.265 e. The standard InChI is InChI=1S/C14H23N5O3S/c1-9-5-11(9)8-18(2)12-6-10(14(20)17-15)7-13(16-12)19(3)23(4,21)22/h6-7,9,11H,5,8,15H2,1-4H3,(H,17,20). The normalized spacial score (nSPS) is 20.0. The Morgan fingerprint density at radius 2 is 1.96 bits per heavy atom. The Balaban J connectivity index is 2.38. The molecule has 0 radical (unpaired) electrons. The molecule has 1 heterocycles. The van der Waals surface area contributed by atoms with Crippen molar-refractivity contribution in [3.63, 3.8) is 0 Å².